The van der Waals surface area contributed by atoms with Gasteiger partial charge in [-0.05, 0) is 12.0 Å². The lowest BCUT2D eigenvalue weighted by Gasteiger charge is -2.04. The zero-order chi connectivity index (χ0) is 6.69. The van der Waals surface area contributed by atoms with Crippen LogP contribution in [0.15, 0.2) is 11.6 Å². The Kier molecular flexibility index (Phi) is 1.78. The van der Waals surface area contributed by atoms with Gasteiger partial charge >= 0.3 is 0 Å². The van der Waals surface area contributed by atoms with Crippen molar-refractivity contribution in [3.63, 3.8) is 0 Å². The largest absolute Gasteiger partial charge is 0.299 e. The third-order valence-electron chi connectivity index (χ3n) is 1.38. The highest BCUT2D eigenvalue weighted by Crippen LogP contribution is 2.11. The highest BCUT2D eigenvalue weighted by atomic mass is 16.1. The van der Waals surface area contributed by atoms with E-state index in [1.807, 2.05) is 6.08 Å². The van der Waals surface area contributed by atoms with Crippen LogP contribution in [0.4, 0.5) is 0 Å². The van der Waals surface area contributed by atoms with E-state index in [1.54, 1.807) is 0 Å². The molecule has 0 aromatic heterocycles. The van der Waals surface area contributed by atoms with Crippen LogP contribution < -0.4 is 0 Å². The van der Waals surface area contributed by atoms with Gasteiger partial charge in [-0.1, -0.05) is 6.08 Å². The number of aldehydes is 1. The molecule has 0 aliphatic heterocycles. The average molecular weight is 124 g/mol. The van der Waals surface area contributed by atoms with Crippen LogP contribution in [0.2, 0.25) is 0 Å². The van der Waals surface area contributed by atoms with Crippen molar-refractivity contribution in [2.75, 3.05) is 0 Å². The van der Waals surface area contributed by atoms with E-state index in [4.69, 9.17) is 0 Å². The first-order valence-corrected chi connectivity index (χ1v) is 2.99. The van der Waals surface area contributed by atoms with E-state index in [9.17, 15) is 9.59 Å². The zero-order valence-electron chi connectivity index (χ0n) is 5.09. The molecule has 0 heterocycles. The molecule has 0 saturated carbocycles. The summed E-state index contributed by atoms with van der Waals surface area (Å²) < 4.78 is 0. The Balaban J connectivity index is 2.63. The smallest absolute Gasteiger partial charge is 0.146 e. The van der Waals surface area contributed by atoms with Crippen molar-refractivity contribution in [2.24, 2.45) is 0 Å². The third kappa shape index (κ3) is 1.49. The van der Waals surface area contributed by atoms with Crippen molar-refractivity contribution < 1.29 is 9.59 Å². The number of hydrogen-bond donors (Lipinski definition) is 0. The quantitative estimate of drug-likeness (QED) is 0.486. The molecule has 0 atom stereocenters. The van der Waals surface area contributed by atoms with Crippen molar-refractivity contribution in [3.05, 3.63) is 11.6 Å². The fourth-order valence-electron chi connectivity index (χ4n) is 0.897. The standard InChI is InChI=1S/C7H8O2/c8-5-6-2-1-3-7(9)4-6/h2,5H,1,3-4H2. The second kappa shape index (κ2) is 2.58. The summed E-state index contributed by atoms with van der Waals surface area (Å²) in [6.07, 6.45) is 4.29. The van der Waals surface area contributed by atoms with Crippen LogP contribution in [0.5, 0.6) is 0 Å². The molecule has 0 aromatic carbocycles. The van der Waals surface area contributed by atoms with E-state index < -0.39 is 0 Å². The van der Waals surface area contributed by atoms with Gasteiger partial charge in [-0.3, -0.25) is 9.59 Å². The lowest BCUT2D eigenvalue weighted by Crippen LogP contribution is -2.04. The number of carbonyl (C=O) groups excluding carboxylic acids is 2. The lowest BCUT2D eigenvalue weighted by atomic mass is 10.00. The zero-order valence-corrected chi connectivity index (χ0v) is 5.09. The van der Waals surface area contributed by atoms with Gasteiger partial charge in [0.25, 0.3) is 0 Å². The number of rotatable bonds is 1. The molecular weight excluding hydrogens is 116 g/mol. The lowest BCUT2D eigenvalue weighted by molar-refractivity contribution is -0.119. The van der Waals surface area contributed by atoms with Gasteiger partial charge in [-0.25, -0.2) is 0 Å². The van der Waals surface area contributed by atoms with Gasteiger partial charge in [-0.15, -0.1) is 0 Å². The molecule has 0 unspecified atom stereocenters. The van der Waals surface area contributed by atoms with E-state index >= 15 is 0 Å². The maximum atomic E-state index is 10.6. The molecule has 0 N–H and O–H groups in total. The van der Waals surface area contributed by atoms with Gasteiger partial charge in [0.15, 0.2) is 0 Å². The highest BCUT2D eigenvalue weighted by Gasteiger charge is 2.09. The summed E-state index contributed by atoms with van der Waals surface area (Å²) in [5.74, 6) is 0.180. The molecule has 1 aliphatic carbocycles. The van der Waals surface area contributed by atoms with Crippen molar-refractivity contribution in [3.8, 4) is 0 Å². The Morgan fingerprint density at radius 1 is 1.56 bits per heavy atom. The molecule has 0 spiro atoms. The first-order chi connectivity index (χ1) is 4.33. The molecule has 1 rings (SSSR count). The predicted octanol–water partition coefficient (Wildman–Crippen LogP) is 0.865. The fourth-order valence-corrected chi connectivity index (χ4v) is 0.897. The number of hydrogen-bond acceptors (Lipinski definition) is 2. The van der Waals surface area contributed by atoms with E-state index in [-0.39, 0.29) is 5.78 Å². The summed E-state index contributed by atoms with van der Waals surface area (Å²) in [5, 5.41) is 0. The molecule has 48 valence electrons. The summed E-state index contributed by atoms with van der Waals surface area (Å²) in [6.45, 7) is 0. The first kappa shape index (κ1) is 6.20. The van der Waals surface area contributed by atoms with Crippen LogP contribution in [0, 0.1) is 0 Å². The van der Waals surface area contributed by atoms with Crippen LogP contribution in [-0.4, -0.2) is 12.1 Å². The summed E-state index contributed by atoms with van der Waals surface area (Å²) in [4.78, 5) is 20.7. The van der Waals surface area contributed by atoms with Crippen LogP contribution in [-0.2, 0) is 9.59 Å². The number of ketones is 1. The molecule has 2 nitrogen and oxygen atoms in total. The topological polar surface area (TPSA) is 34.1 Å². The van der Waals surface area contributed by atoms with E-state index in [0.29, 0.717) is 18.4 Å². The Labute approximate surface area is 53.6 Å². The van der Waals surface area contributed by atoms with Crippen molar-refractivity contribution in [2.45, 2.75) is 19.3 Å². The summed E-state index contributed by atoms with van der Waals surface area (Å²) in [5.41, 5.74) is 0.645. The van der Waals surface area contributed by atoms with Crippen LogP contribution in [0.3, 0.4) is 0 Å². The summed E-state index contributed by atoms with van der Waals surface area (Å²) in [6, 6.07) is 0. The van der Waals surface area contributed by atoms with Gasteiger partial charge in [0, 0.05) is 12.8 Å². The molecule has 2 heteroatoms. The van der Waals surface area contributed by atoms with E-state index in [1.165, 1.54) is 0 Å². The van der Waals surface area contributed by atoms with Crippen molar-refractivity contribution in [1.82, 2.24) is 0 Å². The molecular formula is C7H8O2. The minimum Gasteiger partial charge on any atom is -0.299 e. The minimum atomic E-state index is 0.180. The minimum absolute atomic E-state index is 0.180. The monoisotopic (exact) mass is 124 g/mol. The van der Waals surface area contributed by atoms with Crippen molar-refractivity contribution >= 4 is 12.1 Å². The number of allylic oxidation sites excluding steroid dienone is 2. The highest BCUT2D eigenvalue weighted by molar-refractivity contribution is 5.90. The van der Waals surface area contributed by atoms with Gasteiger partial charge in [0.1, 0.15) is 12.1 Å². The van der Waals surface area contributed by atoms with Gasteiger partial charge < -0.3 is 0 Å². The molecule has 9 heavy (non-hydrogen) atoms. The second-order valence-corrected chi connectivity index (χ2v) is 2.15. The molecule has 1 aliphatic rings. The Morgan fingerprint density at radius 2 is 2.33 bits per heavy atom. The number of Topliss-reactive ketones (excluding diaryl/α,β-unsaturated/α-hetero) is 1. The normalized spacial score (nSPS) is 19.1. The van der Waals surface area contributed by atoms with Crippen LogP contribution in [0.25, 0.3) is 0 Å². The molecule has 0 saturated heterocycles. The van der Waals surface area contributed by atoms with Gasteiger partial charge in [0.05, 0.1) is 0 Å². The Bertz CT molecular complexity index is 168. The van der Waals surface area contributed by atoms with E-state index in [0.717, 1.165) is 12.7 Å². The second-order valence-electron chi connectivity index (χ2n) is 2.15. The number of carbonyl (C=O) groups is 2. The van der Waals surface area contributed by atoms with Crippen LogP contribution in [0.1, 0.15) is 19.3 Å². The SMILES string of the molecule is O=CC1=CCCC(=O)C1. The van der Waals surface area contributed by atoms with Crippen LogP contribution >= 0.6 is 0 Å². The Hall–Kier alpha value is -0.920. The summed E-state index contributed by atoms with van der Waals surface area (Å²) >= 11 is 0. The van der Waals surface area contributed by atoms with E-state index in [2.05, 4.69) is 0 Å². The maximum Gasteiger partial charge on any atom is 0.146 e. The molecule has 0 radical (unpaired) electrons. The van der Waals surface area contributed by atoms with Gasteiger partial charge in [-0.2, -0.15) is 0 Å². The predicted molar refractivity (Wildman–Crippen MR) is 33.0 cm³/mol. The average Bonchev–Trinajstić information content (AvgIpc) is 1.88. The van der Waals surface area contributed by atoms with Crippen molar-refractivity contribution in [1.29, 1.82) is 0 Å². The molecule has 0 bridgehead atoms. The molecule has 0 fully saturated rings. The fraction of sp³-hybridized carbons (Fsp3) is 0.429. The first-order valence-electron chi connectivity index (χ1n) is 2.99. The Morgan fingerprint density at radius 3 is 2.78 bits per heavy atom. The maximum absolute atomic E-state index is 10.6. The summed E-state index contributed by atoms with van der Waals surface area (Å²) in [7, 11) is 0. The molecule has 0 amide bonds. The van der Waals surface area contributed by atoms with Gasteiger partial charge in [0.2, 0.25) is 0 Å². The molecule has 0 aromatic rings. The third-order valence-corrected chi connectivity index (χ3v) is 1.38.